The summed E-state index contributed by atoms with van der Waals surface area (Å²) >= 11 is 5.74. The minimum absolute atomic E-state index is 0.246. The van der Waals surface area contributed by atoms with Crippen molar-refractivity contribution < 1.29 is 5.11 Å². The molecular formula is C9H9ClN2O. The van der Waals surface area contributed by atoms with Gasteiger partial charge in [-0.1, -0.05) is 17.7 Å². The van der Waals surface area contributed by atoms with Gasteiger partial charge in [0.2, 0.25) is 0 Å². The zero-order valence-electron chi connectivity index (χ0n) is 6.94. The Morgan fingerprint density at radius 2 is 2.31 bits per heavy atom. The fourth-order valence-corrected chi connectivity index (χ4v) is 1.45. The molecule has 0 saturated carbocycles. The second kappa shape index (κ2) is 3.26. The zero-order chi connectivity index (χ0) is 9.26. The third-order valence-corrected chi connectivity index (χ3v) is 2.15. The number of benzene rings is 1. The Morgan fingerprint density at radius 1 is 1.46 bits per heavy atom. The minimum atomic E-state index is 0.246. The highest BCUT2D eigenvalue weighted by atomic mass is 35.5. The predicted octanol–water partition coefficient (Wildman–Crippen LogP) is 2.15. The van der Waals surface area contributed by atoms with Crippen LogP contribution < -0.4 is 5.01 Å². The summed E-state index contributed by atoms with van der Waals surface area (Å²) in [5.41, 5.74) is 0.871. The Morgan fingerprint density at radius 3 is 2.92 bits per heavy atom. The third kappa shape index (κ3) is 1.75. The maximum absolute atomic E-state index is 9.23. The molecule has 0 radical (unpaired) electrons. The van der Waals surface area contributed by atoms with Gasteiger partial charge < -0.3 is 5.11 Å². The van der Waals surface area contributed by atoms with E-state index in [9.17, 15) is 5.11 Å². The number of phenols is 1. The Kier molecular flexibility index (Phi) is 2.10. The van der Waals surface area contributed by atoms with Gasteiger partial charge in [-0.2, -0.15) is 5.10 Å². The summed E-state index contributed by atoms with van der Waals surface area (Å²) < 4.78 is 0. The van der Waals surface area contributed by atoms with E-state index in [1.807, 2.05) is 6.07 Å². The van der Waals surface area contributed by atoms with Crippen molar-refractivity contribution in [2.45, 2.75) is 6.42 Å². The summed E-state index contributed by atoms with van der Waals surface area (Å²) in [5.74, 6) is 0.246. The van der Waals surface area contributed by atoms with E-state index in [-0.39, 0.29) is 5.75 Å². The standard InChI is InChI=1S/C9H9ClN2O/c10-9-4-5-12(11-9)7-2-1-3-8(13)6-7/h1-3,6,13H,4-5H2. The first-order valence-electron chi connectivity index (χ1n) is 4.05. The molecule has 0 saturated heterocycles. The molecule has 0 aliphatic carbocycles. The minimum Gasteiger partial charge on any atom is -0.508 e. The number of rotatable bonds is 1. The molecule has 2 rings (SSSR count). The van der Waals surface area contributed by atoms with Gasteiger partial charge in [0.05, 0.1) is 5.69 Å². The Balaban J connectivity index is 2.26. The summed E-state index contributed by atoms with van der Waals surface area (Å²) in [6.07, 6.45) is 0.775. The van der Waals surface area contributed by atoms with Gasteiger partial charge >= 0.3 is 0 Å². The van der Waals surface area contributed by atoms with Crippen molar-refractivity contribution in [1.82, 2.24) is 0 Å². The Labute approximate surface area is 81.2 Å². The summed E-state index contributed by atoms with van der Waals surface area (Å²) in [7, 11) is 0. The van der Waals surface area contributed by atoms with Crippen LogP contribution in [0.1, 0.15) is 6.42 Å². The average molecular weight is 197 g/mol. The van der Waals surface area contributed by atoms with Gasteiger partial charge in [0.15, 0.2) is 0 Å². The SMILES string of the molecule is Oc1cccc(N2CCC(Cl)=N2)c1. The van der Waals surface area contributed by atoms with Crippen molar-refractivity contribution in [3.05, 3.63) is 24.3 Å². The van der Waals surface area contributed by atoms with Gasteiger partial charge in [-0.25, -0.2) is 0 Å². The van der Waals surface area contributed by atoms with E-state index in [1.165, 1.54) is 0 Å². The number of hydrazone groups is 1. The molecule has 1 aromatic carbocycles. The maximum Gasteiger partial charge on any atom is 0.128 e. The number of anilines is 1. The average Bonchev–Trinajstić information content (AvgIpc) is 2.52. The molecule has 1 aliphatic rings. The predicted molar refractivity (Wildman–Crippen MR) is 53.4 cm³/mol. The van der Waals surface area contributed by atoms with E-state index in [1.54, 1.807) is 23.2 Å². The fraction of sp³-hybridized carbons (Fsp3) is 0.222. The van der Waals surface area contributed by atoms with Crippen LogP contribution in [0.2, 0.25) is 0 Å². The number of hydrogen-bond acceptors (Lipinski definition) is 3. The number of halogens is 1. The van der Waals surface area contributed by atoms with Crippen LogP contribution in [-0.2, 0) is 0 Å². The van der Waals surface area contributed by atoms with Gasteiger partial charge in [-0.3, -0.25) is 5.01 Å². The molecule has 68 valence electrons. The third-order valence-electron chi connectivity index (χ3n) is 1.89. The molecule has 3 nitrogen and oxygen atoms in total. The van der Waals surface area contributed by atoms with Crippen molar-refractivity contribution in [2.75, 3.05) is 11.6 Å². The van der Waals surface area contributed by atoms with Crippen LogP contribution in [0.15, 0.2) is 29.4 Å². The fourth-order valence-electron chi connectivity index (χ4n) is 1.27. The molecule has 1 aromatic rings. The van der Waals surface area contributed by atoms with Crippen LogP contribution in [0.25, 0.3) is 0 Å². The van der Waals surface area contributed by atoms with E-state index < -0.39 is 0 Å². The van der Waals surface area contributed by atoms with Crippen LogP contribution in [0.5, 0.6) is 5.75 Å². The lowest BCUT2D eigenvalue weighted by atomic mass is 10.3. The lowest BCUT2D eigenvalue weighted by Gasteiger charge is -2.12. The molecule has 13 heavy (non-hydrogen) atoms. The molecule has 0 fully saturated rings. The number of aromatic hydroxyl groups is 1. The molecule has 0 atom stereocenters. The molecule has 0 spiro atoms. The highest BCUT2D eigenvalue weighted by molar-refractivity contribution is 6.65. The van der Waals surface area contributed by atoms with Crippen molar-refractivity contribution >= 4 is 22.5 Å². The molecule has 0 bridgehead atoms. The topological polar surface area (TPSA) is 35.8 Å². The first-order chi connectivity index (χ1) is 6.25. The summed E-state index contributed by atoms with van der Waals surface area (Å²) in [5, 5.41) is 15.7. The van der Waals surface area contributed by atoms with E-state index in [2.05, 4.69) is 5.10 Å². The molecular weight excluding hydrogens is 188 g/mol. The highest BCUT2D eigenvalue weighted by Gasteiger charge is 2.13. The van der Waals surface area contributed by atoms with E-state index >= 15 is 0 Å². The van der Waals surface area contributed by atoms with Crippen LogP contribution in [0, 0.1) is 0 Å². The van der Waals surface area contributed by atoms with Crippen LogP contribution in [-0.4, -0.2) is 16.8 Å². The van der Waals surface area contributed by atoms with Crippen LogP contribution in [0.3, 0.4) is 0 Å². The molecule has 1 aliphatic heterocycles. The normalized spacial score (nSPS) is 16.1. The summed E-state index contributed by atoms with van der Waals surface area (Å²) in [6.45, 7) is 0.780. The molecule has 1 N–H and O–H groups in total. The number of hydrogen-bond donors (Lipinski definition) is 1. The van der Waals surface area contributed by atoms with Crippen molar-refractivity contribution in [2.24, 2.45) is 5.10 Å². The second-order valence-corrected chi connectivity index (χ2v) is 3.31. The van der Waals surface area contributed by atoms with Gasteiger partial charge in [-0.15, -0.1) is 0 Å². The second-order valence-electron chi connectivity index (χ2n) is 2.87. The van der Waals surface area contributed by atoms with Crippen LogP contribution >= 0.6 is 11.6 Å². The molecule has 0 aromatic heterocycles. The quantitative estimate of drug-likeness (QED) is 0.747. The highest BCUT2D eigenvalue weighted by Crippen LogP contribution is 2.23. The van der Waals surface area contributed by atoms with Gasteiger partial charge in [0.1, 0.15) is 10.9 Å². The zero-order valence-corrected chi connectivity index (χ0v) is 7.70. The van der Waals surface area contributed by atoms with E-state index in [4.69, 9.17) is 11.6 Å². The monoisotopic (exact) mass is 196 g/mol. The van der Waals surface area contributed by atoms with Gasteiger partial charge in [0.25, 0.3) is 0 Å². The van der Waals surface area contributed by atoms with Crippen molar-refractivity contribution in [3.63, 3.8) is 0 Å². The Bertz CT molecular complexity index is 351. The maximum atomic E-state index is 9.23. The summed E-state index contributed by atoms with van der Waals surface area (Å²) in [6, 6.07) is 6.97. The molecule has 1 heterocycles. The summed E-state index contributed by atoms with van der Waals surface area (Å²) in [4.78, 5) is 0. The number of phenolic OH excluding ortho intramolecular Hbond substituents is 1. The lowest BCUT2D eigenvalue weighted by Crippen LogP contribution is -2.11. The van der Waals surface area contributed by atoms with Gasteiger partial charge in [0, 0.05) is 19.0 Å². The molecule has 0 unspecified atom stereocenters. The first-order valence-corrected chi connectivity index (χ1v) is 4.43. The first kappa shape index (κ1) is 8.38. The molecule has 4 heteroatoms. The van der Waals surface area contributed by atoms with Crippen molar-refractivity contribution in [3.8, 4) is 5.75 Å². The molecule has 0 amide bonds. The smallest absolute Gasteiger partial charge is 0.128 e. The van der Waals surface area contributed by atoms with Gasteiger partial charge in [-0.05, 0) is 12.1 Å². The van der Waals surface area contributed by atoms with E-state index in [0.29, 0.717) is 5.17 Å². The lowest BCUT2D eigenvalue weighted by molar-refractivity contribution is 0.475. The number of nitrogens with zero attached hydrogens (tertiary/aromatic N) is 2. The van der Waals surface area contributed by atoms with Crippen molar-refractivity contribution in [1.29, 1.82) is 0 Å². The van der Waals surface area contributed by atoms with Crippen LogP contribution in [0.4, 0.5) is 5.69 Å². The van der Waals surface area contributed by atoms with E-state index in [0.717, 1.165) is 18.7 Å². The Hall–Kier alpha value is -1.22. The largest absolute Gasteiger partial charge is 0.508 e.